The minimum absolute atomic E-state index is 0.188. The number of hydrogen-bond donors (Lipinski definition) is 0. The first-order chi connectivity index (χ1) is 13.5. The van der Waals surface area contributed by atoms with E-state index in [-0.39, 0.29) is 29.9 Å². The highest BCUT2D eigenvalue weighted by molar-refractivity contribution is 6.00. The third-order valence-corrected chi connectivity index (χ3v) is 4.89. The second-order valence-corrected chi connectivity index (χ2v) is 6.82. The number of carbonyl (C=O) groups is 2. The standard InChI is InChI=1S/C21H26N2O5/c1-4-26-20-17(8-5-9-22-20)21(25)28-13-19(24)18-11-14(2)23(15(18)3)12-16-7-6-10-27-16/h5,8-9,11,16H,4,6-7,10,12-13H2,1-3H3/t16-/m1/s1. The Kier molecular flexibility index (Phi) is 6.46. The van der Waals surface area contributed by atoms with E-state index in [9.17, 15) is 9.59 Å². The van der Waals surface area contributed by atoms with Gasteiger partial charge in [-0.1, -0.05) is 0 Å². The van der Waals surface area contributed by atoms with Crippen molar-refractivity contribution in [1.29, 1.82) is 0 Å². The summed E-state index contributed by atoms with van der Waals surface area (Å²) in [6.07, 6.45) is 3.83. The van der Waals surface area contributed by atoms with E-state index in [0.29, 0.717) is 12.2 Å². The predicted molar refractivity (Wildman–Crippen MR) is 103 cm³/mol. The number of ketones is 1. The smallest absolute Gasteiger partial charge is 0.344 e. The van der Waals surface area contributed by atoms with E-state index in [1.807, 2.05) is 19.9 Å². The molecule has 3 rings (SSSR count). The third kappa shape index (κ3) is 4.42. The lowest BCUT2D eigenvalue weighted by Crippen LogP contribution is -2.18. The van der Waals surface area contributed by atoms with Gasteiger partial charge in [-0.05, 0) is 51.8 Å². The van der Waals surface area contributed by atoms with Gasteiger partial charge in [0, 0.05) is 36.3 Å². The highest BCUT2D eigenvalue weighted by Crippen LogP contribution is 2.21. The van der Waals surface area contributed by atoms with Crippen LogP contribution in [0.2, 0.25) is 0 Å². The molecular weight excluding hydrogens is 360 g/mol. The Hall–Kier alpha value is -2.67. The first kappa shape index (κ1) is 20.1. The van der Waals surface area contributed by atoms with E-state index in [1.54, 1.807) is 19.1 Å². The maximum atomic E-state index is 12.6. The number of carbonyl (C=O) groups excluding carboxylic acids is 2. The summed E-state index contributed by atoms with van der Waals surface area (Å²) in [5.74, 6) is -0.655. The summed E-state index contributed by atoms with van der Waals surface area (Å²) in [5, 5.41) is 0. The molecule has 1 fully saturated rings. The van der Waals surface area contributed by atoms with Crippen LogP contribution in [-0.4, -0.2) is 47.2 Å². The molecule has 1 saturated heterocycles. The molecule has 0 unspecified atom stereocenters. The van der Waals surface area contributed by atoms with Crippen LogP contribution in [0, 0.1) is 13.8 Å². The first-order valence-corrected chi connectivity index (χ1v) is 9.57. The van der Waals surface area contributed by atoms with Crippen molar-refractivity contribution in [3.63, 3.8) is 0 Å². The molecular formula is C21H26N2O5. The van der Waals surface area contributed by atoms with Gasteiger partial charge in [0.05, 0.1) is 12.7 Å². The molecule has 0 aromatic carbocycles. The van der Waals surface area contributed by atoms with Crippen LogP contribution in [0.1, 0.15) is 51.9 Å². The molecule has 1 aliphatic rings. The number of rotatable bonds is 8. The summed E-state index contributed by atoms with van der Waals surface area (Å²) < 4.78 is 18.4. The Bertz CT molecular complexity index is 852. The molecule has 0 bridgehead atoms. The van der Waals surface area contributed by atoms with Gasteiger partial charge in [-0.15, -0.1) is 0 Å². The highest BCUT2D eigenvalue weighted by atomic mass is 16.5. The fourth-order valence-corrected chi connectivity index (χ4v) is 3.44. The van der Waals surface area contributed by atoms with Gasteiger partial charge in [0.15, 0.2) is 6.61 Å². The van der Waals surface area contributed by atoms with Crippen molar-refractivity contribution < 1.29 is 23.8 Å². The normalized spacial score (nSPS) is 16.2. The monoisotopic (exact) mass is 386 g/mol. The van der Waals surface area contributed by atoms with Crippen molar-refractivity contribution in [2.45, 2.75) is 46.3 Å². The van der Waals surface area contributed by atoms with Crippen LogP contribution in [0.25, 0.3) is 0 Å². The number of hydrogen-bond acceptors (Lipinski definition) is 6. The average molecular weight is 386 g/mol. The molecule has 0 N–H and O–H groups in total. The Balaban J connectivity index is 1.66. The Morgan fingerprint density at radius 2 is 2.14 bits per heavy atom. The van der Waals surface area contributed by atoms with Crippen molar-refractivity contribution in [3.8, 4) is 5.88 Å². The lowest BCUT2D eigenvalue weighted by atomic mass is 10.1. The van der Waals surface area contributed by atoms with Crippen molar-refractivity contribution in [2.75, 3.05) is 19.8 Å². The molecule has 1 aliphatic heterocycles. The molecule has 28 heavy (non-hydrogen) atoms. The molecule has 3 heterocycles. The predicted octanol–water partition coefficient (Wildman–Crippen LogP) is 3.12. The summed E-state index contributed by atoms with van der Waals surface area (Å²) in [6.45, 7) is 7.26. The maximum absolute atomic E-state index is 12.6. The topological polar surface area (TPSA) is 79.7 Å². The van der Waals surface area contributed by atoms with Crippen LogP contribution in [0.15, 0.2) is 24.4 Å². The molecule has 1 atom stereocenters. The zero-order valence-electron chi connectivity index (χ0n) is 16.6. The molecule has 0 radical (unpaired) electrons. The van der Waals surface area contributed by atoms with Crippen LogP contribution in [0.4, 0.5) is 0 Å². The van der Waals surface area contributed by atoms with Crippen LogP contribution in [-0.2, 0) is 16.0 Å². The number of esters is 1. The van der Waals surface area contributed by atoms with E-state index < -0.39 is 5.97 Å². The number of aryl methyl sites for hydroxylation is 1. The second-order valence-electron chi connectivity index (χ2n) is 6.82. The van der Waals surface area contributed by atoms with Crippen molar-refractivity contribution >= 4 is 11.8 Å². The lowest BCUT2D eigenvalue weighted by Gasteiger charge is -2.14. The maximum Gasteiger partial charge on any atom is 0.344 e. The van der Waals surface area contributed by atoms with Gasteiger partial charge in [0.1, 0.15) is 5.56 Å². The van der Waals surface area contributed by atoms with Gasteiger partial charge in [-0.3, -0.25) is 4.79 Å². The molecule has 0 aliphatic carbocycles. The van der Waals surface area contributed by atoms with Gasteiger partial charge in [-0.25, -0.2) is 9.78 Å². The van der Waals surface area contributed by atoms with Gasteiger partial charge in [0.25, 0.3) is 0 Å². The molecule has 150 valence electrons. The van der Waals surface area contributed by atoms with Crippen LogP contribution in [0.3, 0.4) is 0 Å². The number of ether oxygens (including phenoxy) is 3. The fraction of sp³-hybridized carbons (Fsp3) is 0.476. The molecule has 0 amide bonds. The zero-order chi connectivity index (χ0) is 20.1. The average Bonchev–Trinajstić information content (AvgIpc) is 3.30. The molecule has 7 nitrogen and oxygen atoms in total. The highest BCUT2D eigenvalue weighted by Gasteiger charge is 2.22. The van der Waals surface area contributed by atoms with Gasteiger partial charge in [-0.2, -0.15) is 0 Å². The molecule has 0 saturated carbocycles. The van der Waals surface area contributed by atoms with Crippen molar-refractivity contribution in [3.05, 3.63) is 46.9 Å². The summed E-state index contributed by atoms with van der Waals surface area (Å²) in [7, 11) is 0. The third-order valence-electron chi connectivity index (χ3n) is 4.89. The molecule has 7 heteroatoms. The summed E-state index contributed by atoms with van der Waals surface area (Å²) in [6, 6.07) is 5.04. The fourth-order valence-electron chi connectivity index (χ4n) is 3.44. The van der Waals surface area contributed by atoms with Crippen LogP contribution < -0.4 is 4.74 Å². The lowest BCUT2D eigenvalue weighted by molar-refractivity contribution is 0.0469. The van der Waals surface area contributed by atoms with E-state index in [2.05, 4.69) is 9.55 Å². The summed E-state index contributed by atoms with van der Waals surface area (Å²) >= 11 is 0. The quantitative estimate of drug-likeness (QED) is 0.512. The van der Waals surface area contributed by atoms with Crippen LogP contribution >= 0.6 is 0 Å². The van der Waals surface area contributed by atoms with E-state index in [0.717, 1.165) is 37.4 Å². The summed E-state index contributed by atoms with van der Waals surface area (Å²) in [5.41, 5.74) is 2.64. The van der Waals surface area contributed by atoms with Crippen molar-refractivity contribution in [2.24, 2.45) is 0 Å². The number of nitrogens with zero attached hydrogens (tertiary/aromatic N) is 2. The Labute approximate surface area is 164 Å². The number of aromatic nitrogens is 2. The summed E-state index contributed by atoms with van der Waals surface area (Å²) in [4.78, 5) is 29.0. The SMILES string of the molecule is CCOc1ncccc1C(=O)OCC(=O)c1cc(C)n(C[C@H]2CCCO2)c1C. The first-order valence-electron chi connectivity index (χ1n) is 9.57. The van der Waals surface area contributed by atoms with Crippen LogP contribution in [0.5, 0.6) is 5.88 Å². The zero-order valence-corrected chi connectivity index (χ0v) is 16.6. The van der Waals surface area contributed by atoms with Gasteiger partial charge >= 0.3 is 5.97 Å². The Morgan fingerprint density at radius 1 is 1.32 bits per heavy atom. The number of pyridine rings is 1. The number of Topliss-reactive ketones (excluding diaryl/α,β-unsaturated/α-hetero) is 1. The Morgan fingerprint density at radius 3 is 2.86 bits per heavy atom. The minimum Gasteiger partial charge on any atom is -0.477 e. The van der Waals surface area contributed by atoms with Gasteiger partial charge < -0.3 is 18.8 Å². The molecule has 0 spiro atoms. The van der Waals surface area contributed by atoms with E-state index >= 15 is 0 Å². The van der Waals surface area contributed by atoms with Gasteiger partial charge in [0.2, 0.25) is 11.7 Å². The second kappa shape index (κ2) is 9.01. The largest absolute Gasteiger partial charge is 0.477 e. The molecule has 2 aromatic heterocycles. The van der Waals surface area contributed by atoms with E-state index in [4.69, 9.17) is 14.2 Å². The minimum atomic E-state index is -0.627. The van der Waals surface area contributed by atoms with E-state index in [1.165, 1.54) is 6.20 Å². The molecule has 2 aromatic rings. The van der Waals surface area contributed by atoms with Crippen molar-refractivity contribution in [1.82, 2.24) is 9.55 Å².